The normalized spacial score (nSPS) is 13.5. The van der Waals surface area contributed by atoms with Crippen LogP contribution in [0.15, 0.2) is 24.3 Å². The van der Waals surface area contributed by atoms with Gasteiger partial charge in [0.15, 0.2) is 0 Å². The molecule has 1 unspecified atom stereocenters. The van der Waals surface area contributed by atoms with Gasteiger partial charge < -0.3 is 15.7 Å². The minimum atomic E-state index is -0.904. The first-order valence-electron chi connectivity index (χ1n) is 6.90. The molecule has 0 radical (unpaired) electrons. The molecule has 0 bridgehead atoms. The molecule has 1 atom stereocenters. The molecule has 3 N–H and O–H groups in total. The first-order valence-corrected chi connectivity index (χ1v) is 8.30. The number of thioether (sulfide) groups is 1. The van der Waals surface area contributed by atoms with Gasteiger partial charge in [-0.1, -0.05) is 12.1 Å². The molecule has 0 aliphatic heterocycles. The van der Waals surface area contributed by atoms with Crippen molar-refractivity contribution in [1.82, 2.24) is 10.6 Å². The highest BCUT2D eigenvalue weighted by atomic mass is 32.2. The summed E-state index contributed by atoms with van der Waals surface area (Å²) in [5, 5.41) is 15.3. The largest absolute Gasteiger partial charge is 0.387 e. The van der Waals surface area contributed by atoms with Gasteiger partial charge in [0.2, 0.25) is 0 Å². The number of benzene rings is 1. The molecule has 0 aliphatic carbocycles. The second-order valence-electron chi connectivity index (χ2n) is 5.27. The van der Waals surface area contributed by atoms with Crippen LogP contribution in [0.4, 0.5) is 9.18 Å². The Morgan fingerprint density at radius 1 is 1.43 bits per heavy atom. The van der Waals surface area contributed by atoms with Gasteiger partial charge in [0.1, 0.15) is 5.82 Å². The average Bonchev–Trinajstić information content (AvgIpc) is 2.42. The molecule has 2 amide bonds. The molecule has 0 fully saturated rings. The van der Waals surface area contributed by atoms with Crippen LogP contribution < -0.4 is 10.6 Å². The van der Waals surface area contributed by atoms with Gasteiger partial charge >= 0.3 is 6.03 Å². The van der Waals surface area contributed by atoms with Crippen LogP contribution >= 0.6 is 11.8 Å². The lowest BCUT2D eigenvalue weighted by Crippen LogP contribution is -2.46. The summed E-state index contributed by atoms with van der Waals surface area (Å²) in [4.78, 5) is 11.6. The second-order valence-corrected chi connectivity index (χ2v) is 6.14. The lowest BCUT2D eigenvalue weighted by atomic mass is 10.1. The van der Waals surface area contributed by atoms with E-state index in [1.807, 2.05) is 12.3 Å². The molecule has 0 saturated carbocycles. The molecule has 1 rings (SSSR count). The number of carbonyl (C=O) groups excluding carboxylic acids is 1. The van der Waals surface area contributed by atoms with Crippen molar-refractivity contribution in [2.24, 2.45) is 0 Å². The van der Waals surface area contributed by atoms with Crippen LogP contribution in [0, 0.1) is 5.82 Å². The van der Waals surface area contributed by atoms with E-state index in [-0.39, 0.29) is 18.4 Å². The van der Waals surface area contributed by atoms with Crippen LogP contribution in [0.1, 0.15) is 18.9 Å². The molecule has 4 nitrogen and oxygen atoms in total. The average molecular weight is 314 g/mol. The fraction of sp³-hybridized carbons (Fsp3) is 0.533. The third-order valence-electron chi connectivity index (χ3n) is 2.90. The van der Waals surface area contributed by atoms with Crippen molar-refractivity contribution in [2.45, 2.75) is 25.4 Å². The number of urea groups is 1. The minimum Gasteiger partial charge on any atom is -0.387 e. The molecule has 0 spiro atoms. The van der Waals surface area contributed by atoms with Crippen molar-refractivity contribution in [1.29, 1.82) is 0 Å². The summed E-state index contributed by atoms with van der Waals surface area (Å²) in [5.41, 5.74) is 0.0123. The third-order valence-corrected chi connectivity index (χ3v) is 3.81. The predicted molar refractivity (Wildman–Crippen MR) is 85.1 cm³/mol. The summed E-state index contributed by atoms with van der Waals surface area (Å²) in [7, 11) is 0. The van der Waals surface area contributed by atoms with Gasteiger partial charge in [0, 0.05) is 18.8 Å². The van der Waals surface area contributed by atoms with Crippen molar-refractivity contribution >= 4 is 17.8 Å². The highest BCUT2D eigenvalue weighted by Gasteiger charge is 2.20. The van der Waals surface area contributed by atoms with E-state index in [4.69, 9.17) is 0 Å². The zero-order chi connectivity index (χ0) is 15.7. The van der Waals surface area contributed by atoms with Crippen molar-refractivity contribution in [3.63, 3.8) is 0 Å². The molecule has 6 heteroatoms. The molecule has 0 aromatic heterocycles. The van der Waals surface area contributed by atoms with Crippen LogP contribution in [0.5, 0.6) is 0 Å². The van der Waals surface area contributed by atoms with Crippen molar-refractivity contribution in [3.05, 3.63) is 35.6 Å². The number of halogens is 1. The smallest absolute Gasteiger partial charge is 0.314 e. The number of aryl methyl sites for hydroxylation is 1. The Kier molecular flexibility index (Phi) is 7.53. The number of hydrogen-bond acceptors (Lipinski definition) is 3. The van der Waals surface area contributed by atoms with Gasteiger partial charge in [-0.15, -0.1) is 0 Å². The van der Waals surface area contributed by atoms with E-state index in [0.29, 0.717) is 18.7 Å². The Labute approximate surface area is 129 Å². The maximum Gasteiger partial charge on any atom is 0.314 e. The van der Waals surface area contributed by atoms with E-state index in [1.165, 1.54) is 23.9 Å². The minimum absolute atomic E-state index is 0.212. The predicted octanol–water partition coefficient (Wildman–Crippen LogP) is 2.17. The van der Waals surface area contributed by atoms with E-state index in [9.17, 15) is 14.3 Å². The quantitative estimate of drug-likeness (QED) is 0.645. The standard InChI is InChI=1S/C15H23FN2O2S/c1-15(20,11-21-2)10-18-14(19)17-8-4-6-12-5-3-7-13(16)9-12/h3,5,7,9,20H,4,6,8,10-11H2,1-2H3,(H2,17,18,19). The van der Waals surface area contributed by atoms with E-state index in [0.717, 1.165) is 12.0 Å². The number of carbonyl (C=O) groups is 1. The van der Waals surface area contributed by atoms with Crippen LogP contribution in [0.25, 0.3) is 0 Å². The maximum absolute atomic E-state index is 13.0. The summed E-state index contributed by atoms with van der Waals surface area (Å²) in [6, 6.07) is 6.16. The van der Waals surface area contributed by atoms with Crippen molar-refractivity contribution in [2.75, 3.05) is 25.1 Å². The summed E-state index contributed by atoms with van der Waals surface area (Å²) in [5.74, 6) is 0.321. The Hall–Kier alpha value is -1.27. The van der Waals surface area contributed by atoms with Gasteiger partial charge in [-0.2, -0.15) is 11.8 Å². The fourth-order valence-corrected chi connectivity index (χ4v) is 2.61. The number of nitrogens with one attached hydrogen (secondary N) is 2. The highest BCUT2D eigenvalue weighted by Crippen LogP contribution is 2.09. The monoisotopic (exact) mass is 314 g/mol. The van der Waals surface area contributed by atoms with Crippen LogP contribution in [0.2, 0.25) is 0 Å². The molecule has 1 aromatic carbocycles. The molecule has 0 aliphatic rings. The fourth-order valence-electron chi connectivity index (χ4n) is 1.88. The Morgan fingerprint density at radius 3 is 2.86 bits per heavy atom. The van der Waals surface area contributed by atoms with Gasteiger partial charge in [0.05, 0.1) is 5.60 Å². The van der Waals surface area contributed by atoms with E-state index in [2.05, 4.69) is 10.6 Å². The van der Waals surface area contributed by atoms with Crippen LogP contribution in [-0.4, -0.2) is 41.8 Å². The zero-order valence-electron chi connectivity index (χ0n) is 12.5. The topological polar surface area (TPSA) is 61.4 Å². The molecular weight excluding hydrogens is 291 g/mol. The Balaban J connectivity index is 2.16. The number of rotatable bonds is 8. The number of hydrogen-bond donors (Lipinski definition) is 3. The van der Waals surface area contributed by atoms with Gasteiger partial charge in [-0.05, 0) is 43.7 Å². The van der Waals surface area contributed by atoms with Gasteiger partial charge in [0.25, 0.3) is 0 Å². The van der Waals surface area contributed by atoms with Gasteiger partial charge in [-0.25, -0.2) is 9.18 Å². The van der Waals surface area contributed by atoms with E-state index < -0.39 is 5.60 Å². The van der Waals surface area contributed by atoms with E-state index in [1.54, 1.807) is 13.0 Å². The number of amides is 2. The molecule has 0 heterocycles. The van der Waals surface area contributed by atoms with Crippen LogP contribution in [0.3, 0.4) is 0 Å². The summed E-state index contributed by atoms with van der Waals surface area (Å²) >= 11 is 1.53. The Bertz CT molecular complexity index is 455. The molecule has 1 aromatic rings. The zero-order valence-corrected chi connectivity index (χ0v) is 13.3. The molecule has 21 heavy (non-hydrogen) atoms. The summed E-state index contributed by atoms with van der Waals surface area (Å²) in [6.45, 7) is 2.41. The number of aliphatic hydroxyl groups is 1. The second kappa shape index (κ2) is 8.89. The van der Waals surface area contributed by atoms with Crippen LogP contribution in [-0.2, 0) is 6.42 Å². The SMILES string of the molecule is CSCC(C)(O)CNC(=O)NCCCc1cccc(F)c1. The first kappa shape index (κ1) is 17.8. The highest BCUT2D eigenvalue weighted by molar-refractivity contribution is 7.98. The lowest BCUT2D eigenvalue weighted by Gasteiger charge is -2.22. The van der Waals surface area contributed by atoms with Gasteiger partial charge in [-0.3, -0.25) is 0 Å². The third kappa shape index (κ3) is 7.92. The molecule has 118 valence electrons. The maximum atomic E-state index is 13.0. The van der Waals surface area contributed by atoms with Crippen molar-refractivity contribution < 1.29 is 14.3 Å². The summed E-state index contributed by atoms with van der Waals surface area (Å²) < 4.78 is 13.0. The molecule has 0 saturated heterocycles. The van der Waals surface area contributed by atoms with E-state index >= 15 is 0 Å². The summed E-state index contributed by atoms with van der Waals surface area (Å²) in [6.07, 6.45) is 3.35. The molecular formula is C15H23FN2O2S. The first-order chi connectivity index (χ1) is 9.93. The van der Waals surface area contributed by atoms with Crippen molar-refractivity contribution in [3.8, 4) is 0 Å². The Morgan fingerprint density at radius 2 is 2.19 bits per heavy atom. The lowest BCUT2D eigenvalue weighted by molar-refractivity contribution is 0.0869.